The van der Waals surface area contributed by atoms with Crippen LogP contribution in [0, 0.1) is 5.92 Å². The Labute approximate surface area is 172 Å². The molecule has 1 heterocycles. The molecule has 10 nitrogen and oxygen atoms in total. The van der Waals surface area contributed by atoms with Gasteiger partial charge in [0.2, 0.25) is 5.91 Å². The first-order valence-corrected chi connectivity index (χ1v) is 10.3. The van der Waals surface area contributed by atoms with Crippen molar-refractivity contribution in [2.24, 2.45) is 11.7 Å². The van der Waals surface area contributed by atoms with Crippen LogP contribution < -0.4 is 21.7 Å². The fourth-order valence-corrected chi connectivity index (χ4v) is 2.80. The molecule has 6 N–H and O–H groups in total. The van der Waals surface area contributed by atoms with E-state index in [-0.39, 0.29) is 25.0 Å². The Morgan fingerprint density at radius 2 is 1.86 bits per heavy atom. The van der Waals surface area contributed by atoms with Crippen molar-refractivity contribution in [2.75, 3.05) is 33.0 Å². The molecule has 0 aliphatic carbocycles. The number of hydrogen-bond acceptors (Lipinski definition) is 6. The topological polar surface area (TPSA) is 152 Å². The number of unbranched alkanes of at least 4 members (excludes halogenated alkanes) is 1. The molecule has 168 valence electrons. The van der Waals surface area contributed by atoms with Crippen LogP contribution in [-0.4, -0.2) is 74.1 Å². The maximum Gasteiger partial charge on any atom is 0.326 e. The predicted molar refractivity (Wildman–Crippen MR) is 107 cm³/mol. The first-order valence-electron chi connectivity index (χ1n) is 10.3. The first-order chi connectivity index (χ1) is 13.8. The van der Waals surface area contributed by atoms with Gasteiger partial charge in [-0.25, -0.2) is 9.59 Å². The van der Waals surface area contributed by atoms with Crippen molar-refractivity contribution < 1.29 is 29.0 Å². The number of amides is 3. The van der Waals surface area contributed by atoms with Crippen molar-refractivity contribution in [1.29, 1.82) is 0 Å². The molecule has 10 heteroatoms. The molecule has 0 saturated carbocycles. The van der Waals surface area contributed by atoms with Crippen molar-refractivity contribution in [2.45, 2.75) is 64.1 Å². The molecular formula is C19H36N4O6. The zero-order valence-electron chi connectivity index (χ0n) is 17.4. The minimum Gasteiger partial charge on any atom is -0.480 e. The third kappa shape index (κ3) is 10.4. The molecule has 0 spiro atoms. The van der Waals surface area contributed by atoms with E-state index in [1.54, 1.807) is 0 Å². The minimum atomic E-state index is -1.13. The molecule has 3 atom stereocenters. The molecule has 0 aromatic heterocycles. The fourth-order valence-electron chi connectivity index (χ4n) is 2.80. The van der Waals surface area contributed by atoms with Crippen LogP contribution in [0.25, 0.3) is 0 Å². The van der Waals surface area contributed by atoms with Gasteiger partial charge in [-0.1, -0.05) is 13.8 Å². The van der Waals surface area contributed by atoms with Crippen molar-refractivity contribution in [3.8, 4) is 0 Å². The van der Waals surface area contributed by atoms with Gasteiger partial charge in [0.15, 0.2) is 0 Å². The summed E-state index contributed by atoms with van der Waals surface area (Å²) in [5.74, 6) is -1.37. The van der Waals surface area contributed by atoms with Gasteiger partial charge in [-0.3, -0.25) is 4.79 Å². The maximum absolute atomic E-state index is 12.7. The van der Waals surface area contributed by atoms with Crippen LogP contribution in [0.3, 0.4) is 0 Å². The smallest absolute Gasteiger partial charge is 0.326 e. The number of rotatable bonds is 8. The number of urea groups is 1. The molecule has 0 unspecified atom stereocenters. The summed E-state index contributed by atoms with van der Waals surface area (Å²) in [5.41, 5.74) is 5.42. The van der Waals surface area contributed by atoms with Gasteiger partial charge < -0.3 is 36.3 Å². The zero-order chi connectivity index (χ0) is 21.6. The fraction of sp³-hybridized carbons (Fsp3) is 0.842. The molecule has 1 aliphatic heterocycles. The summed E-state index contributed by atoms with van der Waals surface area (Å²) in [4.78, 5) is 36.4. The number of carboxylic acids is 1. The Balaban J connectivity index is 2.71. The van der Waals surface area contributed by atoms with Crippen LogP contribution in [0.4, 0.5) is 4.79 Å². The summed E-state index contributed by atoms with van der Waals surface area (Å²) >= 11 is 0. The molecule has 1 aliphatic rings. The average molecular weight is 417 g/mol. The Morgan fingerprint density at radius 1 is 1.21 bits per heavy atom. The molecular weight excluding hydrogens is 380 g/mol. The molecule has 0 bridgehead atoms. The molecule has 1 fully saturated rings. The Kier molecular flexibility index (Phi) is 12.2. The lowest BCUT2D eigenvalue weighted by Crippen LogP contribution is -2.57. The standard InChI is InChI=1S/C19H36N4O6/c1-13(2)15-11-28-9-5-6-10-29-12-16(17(24)21-15)23-19(27)22-14(18(25)26)7-3-4-8-20/h13-16H,3-12,20H2,1-2H3,(H,21,24)(H,25,26)(H2,22,23,27)/t14-,15+,16+/m0/s1. The number of nitrogens with two attached hydrogens (primary N) is 1. The molecule has 3 amide bonds. The van der Waals surface area contributed by atoms with Crippen LogP contribution in [0.2, 0.25) is 0 Å². The third-order valence-electron chi connectivity index (χ3n) is 4.71. The number of carbonyl (C=O) groups excluding carboxylic acids is 2. The van der Waals surface area contributed by atoms with Gasteiger partial charge in [-0.2, -0.15) is 0 Å². The van der Waals surface area contributed by atoms with Crippen molar-refractivity contribution in [3.63, 3.8) is 0 Å². The van der Waals surface area contributed by atoms with Gasteiger partial charge in [-0.05, 0) is 44.6 Å². The maximum atomic E-state index is 12.7. The quantitative estimate of drug-likeness (QED) is 0.355. The van der Waals surface area contributed by atoms with E-state index in [1.807, 2.05) is 13.8 Å². The normalized spacial score (nSPS) is 22.7. The van der Waals surface area contributed by atoms with Gasteiger partial charge in [0.25, 0.3) is 0 Å². The highest BCUT2D eigenvalue weighted by molar-refractivity contribution is 5.89. The highest BCUT2D eigenvalue weighted by Crippen LogP contribution is 2.06. The average Bonchev–Trinajstić information content (AvgIpc) is 2.65. The number of carbonyl (C=O) groups is 3. The SMILES string of the molecule is CC(C)[C@H]1COCCCCOC[C@@H](NC(=O)N[C@@H](CCCCN)C(=O)O)C(=O)N1. The van der Waals surface area contributed by atoms with E-state index in [0.717, 1.165) is 12.8 Å². The molecule has 0 radical (unpaired) electrons. The van der Waals surface area contributed by atoms with Crippen LogP contribution in [0.1, 0.15) is 46.0 Å². The van der Waals surface area contributed by atoms with Gasteiger partial charge in [0, 0.05) is 13.2 Å². The highest BCUT2D eigenvalue weighted by Gasteiger charge is 2.27. The molecule has 1 saturated heterocycles. The number of aliphatic carboxylic acids is 1. The summed E-state index contributed by atoms with van der Waals surface area (Å²) < 4.78 is 11.2. The lowest BCUT2D eigenvalue weighted by atomic mass is 10.0. The summed E-state index contributed by atoms with van der Waals surface area (Å²) in [7, 11) is 0. The second-order valence-corrected chi connectivity index (χ2v) is 7.56. The number of carboxylic acid groups (broad SMARTS) is 1. The lowest BCUT2D eigenvalue weighted by molar-refractivity contribution is -0.139. The Hall–Kier alpha value is -1.91. The van der Waals surface area contributed by atoms with Crippen LogP contribution in [-0.2, 0) is 19.1 Å². The number of hydrogen-bond donors (Lipinski definition) is 5. The van der Waals surface area contributed by atoms with Crippen molar-refractivity contribution >= 4 is 17.9 Å². The Morgan fingerprint density at radius 3 is 2.45 bits per heavy atom. The second-order valence-electron chi connectivity index (χ2n) is 7.56. The van der Waals surface area contributed by atoms with Gasteiger partial charge >= 0.3 is 12.0 Å². The van der Waals surface area contributed by atoms with E-state index in [2.05, 4.69) is 16.0 Å². The zero-order valence-corrected chi connectivity index (χ0v) is 17.4. The molecule has 1 rings (SSSR count). The van der Waals surface area contributed by atoms with E-state index in [1.165, 1.54) is 0 Å². The number of nitrogens with one attached hydrogen (secondary N) is 3. The second kappa shape index (κ2) is 14.1. The minimum absolute atomic E-state index is 0.00976. The van der Waals surface area contributed by atoms with E-state index in [0.29, 0.717) is 39.2 Å². The monoisotopic (exact) mass is 416 g/mol. The summed E-state index contributed by atoms with van der Waals surface area (Å²) in [6.45, 7) is 5.86. The lowest BCUT2D eigenvalue weighted by Gasteiger charge is -2.27. The highest BCUT2D eigenvalue weighted by atomic mass is 16.5. The van der Waals surface area contributed by atoms with E-state index < -0.39 is 30.0 Å². The van der Waals surface area contributed by atoms with E-state index in [9.17, 15) is 19.5 Å². The van der Waals surface area contributed by atoms with Crippen LogP contribution in [0.5, 0.6) is 0 Å². The van der Waals surface area contributed by atoms with Crippen molar-refractivity contribution in [3.05, 3.63) is 0 Å². The summed E-state index contributed by atoms with van der Waals surface area (Å²) in [6, 6.07) is -2.90. The molecule has 0 aromatic rings. The van der Waals surface area contributed by atoms with E-state index >= 15 is 0 Å². The Bertz CT molecular complexity index is 517. The molecule has 0 aromatic carbocycles. The first kappa shape index (κ1) is 25.1. The van der Waals surface area contributed by atoms with Gasteiger partial charge in [-0.15, -0.1) is 0 Å². The van der Waals surface area contributed by atoms with Crippen LogP contribution >= 0.6 is 0 Å². The predicted octanol–water partition coefficient (Wildman–Crippen LogP) is 0.204. The van der Waals surface area contributed by atoms with Crippen LogP contribution in [0.15, 0.2) is 0 Å². The van der Waals surface area contributed by atoms with Gasteiger partial charge in [0.1, 0.15) is 12.1 Å². The summed E-state index contributed by atoms with van der Waals surface area (Å²) in [6.07, 6.45) is 3.15. The van der Waals surface area contributed by atoms with E-state index in [4.69, 9.17) is 15.2 Å². The largest absolute Gasteiger partial charge is 0.480 e. The molecule has 29 heavy (non-hydrogen) atoms. The third-order valence-corrected chi connectivity index (χ3v) is 4.71. The number of ether oxygens (including phenoxy) is 2. The van der Waals surface area contributed by atoms with Crippen molar-refractivity contribution in [1.82, 2.24) is 16.0 Å². The van der Waals surface area contributed by atoms with Gasteiger partial charge in [0.05, 0.1) is 19.3 Å². The summed E-state index contributed by atoms with van der Waals surface area (Å²) in [5, 5.41) is 17.1.